The molecule has 0 radical (unpaired) electrons. The minimum atomic E-state index is 0.173. The Labute approximate surface area is 106 Å². The average Bonchev–Trinajstić information content (AvgIpc) is 2.91. The minimum Gasteiger partial charge on any atom is -0.486 e. The van der Waals surface area contributed by atoms with Crippen LogP contribution in [0.25, 0.3) is 0 Å². The fourth-order valence-corrected chi connectivity index (χ4v) is 2.49. The van der Waals surface area contributed by atoms with Gasteiger partial charge in [-0.15, -0.1) is 0 Å². The summed E-state index contributed by atoms with van der Waals surface area (Å²) in [6.07, 6.45) is 2.83. The number of ether oxygens (including phenoxy) is 2. The largest absolute Gasteiger partial charge is 0.486 e. The number of hydrogen-bond donors (Lipinski definition) is 1. The molecule has 2 heterocycles. The van der Waals surface area contributed by atoms with Crippen LogP contribution in [0.3, 0.4) is 0 Å². The van der Waals surface area contributed by atoms with Gasteiger partial charge in [0.25, 0.3) is 0 Å². The van der Waals surface area contributed by atoms with E-state index in [0.29, 0.717) is 37.0 Å². The van der Waals surface area contributed by atoms with E-state index in [4.69, 9.17) is 9.47 Å². The smallest absolute Gasteiger partial charge is 0.164 e. The Bertz CT molecular complexity index is 452. The fraction of sp³-hybridized carbons (Fsp3) is 0.500. The normalized spacial score (nSPS) is 21.9. The molecule has 0 aliphatic carbocycles. The van der Waals surface area contributed by atoms with Crippen LogP contribution in [-0.2, 0) is 0 Å². The number of nitrogens with one attached hydrogen (secondary N) is 1. The lowest BCUT2D eigenvalue weighted by Crippen LogP contribution is -2.24. The second kappa shape index (κ2) is 4.98. The molecule has 0 aromatic heterocycles. The highest BCUT2D eigenvalue weighted by Crippen LogP contribution is 2.31. The molecule has 0 bridgehead atoms. The quantitative estimate of drug-likeness (QED) is 0.827. The molecule has 3 rings (SSSR count). The molecule has 4 nitrogen and oxygen atoms in total. The number of carbonyl (C=O) groups is 1. The van der Waals surface area contributed by atoms with Crippen molar-refractivity contribution in [3.63, 3.8) is 0 Å². The number of Topliss-reactive ketones (excluding diaryl/α,β-unsaturated/α-hetero) is 1. The third-order valence-corrected chi connectivity index (χ3v) is 3.46. The van der Waals surface area contributed by atoms with Crippen LogP contribution >= 0.6 is 0 Å². The Kier molecular flexibility index (Phi) is 3.19. The summed E-state index contributed by atoms with van der Waals surface area (Å²) in [6.45, 7) is 2.15. The van der Waals surface area contributed by atoms with Crippen molar-refractivity contribution in [2.45, 2.75) is 25.3 Å². The lowest BCUT2D eigenvalue weighted by atomic mass is 10.0. The average molecular weight is 247 g/mol. The zero-order valence-electron chi connectivity index (χ0n) is 10.3. The first-order valence-corrected chi connectivity index (χ1v) is 6.49. The van der Waals surface area contributed by atoms with E-state index in [9.17, 15) is 4.79 Å². The van der Waals surface area contributed by atoms with Crippen LogP contribution in [-0.4, -0.2) is 31.6 Å². The van der Waals surface area contributed by atoms with Crippen LogP contribution < -0.4 is 14.8 Å². The van der Waals surface area contributed by atoms with Gasteiger partial charge in [0, 0.05) is 18.0 Å². The molecule has 1 unspecified atom stereocenters. The molecule has 1 saturated heterocycles. The molecule has 18 heavy (non-hydrogen) atoms. The van der Waals surface area contributed by atoms with E-state index >= 15 is 0 Å². The molecular weight excluding hydrogens is 230 g/mol. The summed E-state index contributed by atoms with van der Waals surface area (Å²) < 4.78 is 10.9. The lowest BCUT2D eigenvalue weighted by Gasteiger charge is -2.19. The molecular formula is C14H17NO3. The summed E-state index contributed by atoms with van der Waals surface area (Å²) in [6, 6.07) is 5.78. The summed E-state index contributed by atoms with van der Waals surface area (Å²) >= 11 is 0. The molecule has 2 aliphatic heterocycles. The fourth-order valence-electron chi connectivity index (χ4n) is 2.49. The molecule has 0 amide bonds. The van der Waals surface area contributed by atoms with Crippen molar-refractivity contribution in [2.24, 2.45) is 0 Å². The predicted molar refractivity (Wildman–Crippen MR) is 67.4 cm³/mol. The molecule has 4 heteroatoms. The van der Waals surface area contributed by atoms with Crippen LogP contribution in [0.5, 0.6) is 11.5 Å². The highest BCUT2D eigenvalue weighted by molar-refractivity contribution is 5.97. The van der Waals surface area contributed by atoms with E-state index in [2.05, 4.69) is 5.32 Å². The third-order valence-electron chi connectivity index (χ3n) is 3.46. The van der Waals surface area contributed by atoms with E-state index in [-0.39, 0.29) is 5.78 Å². The molecule has 96 valence electrons. The van der Waals surface area contributed by atoms with Gasteiger partial charge in [-0.25, -0.2) is 0 Å². The number of benzene rings is 1. The van der Waals surface area contributed by atoms with Gasteiger partial charge in [-0.3, -0.25) is 4.79 Å². The van der Waals surface area contributed by atoms with Crippen LogP contribution in [0.15, 0.2) is 18.2 Å². The van der Waals surface area contributed by atoms with Crippen LogP contribution in [0.2, 0.25) is 0 Å². The first-order chi connectivity index (χ1) is 8.83. The Hall–Kier alpha value is -1.55. The van der Waals surface area contributed by atoms with Crippen LogP contribution in [0.4, 0.5) is 0 Å². The highest BCUT2D eigenvalue weighted by Gasteiger charge is 2.20. The maximum Gasteiger partial charge on any atom is 0.164 e. The van der Waals surface area contributed by atoms with Crippen molar-refractivity contribution in [2.75, 3.05) is 19.8 Å². The maximum atomic E-state index is 12.2. The van der Waals surface area contributed by atoms with Crippen molar-refractivity contribution in [3.05, 3.63) is 23.8 Å². The molecule has 1 N–H and O–H groups in total. The van der Waals surface area contributed by atoms with Crippen molar-refractivity contribution < 1.29 is 14.3 Å². The van der Waals surface area contributed by atoms with Gasteiger partial charge in [-0.2, -0.15) is 0 Å². The van der Waals surface area contributed by atoms with Gasteiger partial charge < -0.3 is 14.8 Å². The SMILES string of the molecule is O=C(CC1CCCN1)c1ccc2c(c1)OCCO2. The predicted octanol–water partition coefficient (Wildman–Crippen LogP) is 1.78. The van der Waals surface area contributed by atoms with Crippen molar-refractivity contribution in [1.82, 2.24) is 5.32 Å². The summed E-state index contributed by atoms with van der Waals surface area (Å²) in [5.41, 5.74) is 0.716. The van der Waals surface area contributed by atoms with E-state index in [1.807, 2.05) is 12.1 Å². The number of fused-ring (bicyclic) bond motifs is 1. The maximum absolute atomic E-state index is 12.2. The topological polar surface area (TPSA) is 47.6 Å². The van der Waals surface area contributed by atoms with Crippen molar-refractivity contribution in [3.8, 4) is 11.5 Å². The molecule has 2 aliphatic rings. The van der Waals surface area contributed by atoms with E-state index < -0.39 is 0 Å². The van der Waals surface area contributed by atoms with Gasteiger partial charge in [0.15, 0.2) is 17.3 Å². The molecule has 0 spiro atoms. The molecule has 1 aromatic carbocycles. The Morgan fingerprint density at radius 1 is 1.28 bits per heavy atom. The van der Waals surface area contributed by atoms with E-state index in [1.54, 1.807) is 6.07 Å². The first-order valence-electron chi connectivity index (χ1n) is 6.49. The Balaban J connectivity index is 1.73. The van der Waals surface area contributed by atoms with Crippen molar-refractivity contribution in [1.29, 1.82) is 0 Å². The zero-order chi connectivity index (χ0) is 12.4. The van der Waals surface area contributed by atoms with Crippen molar-refractivity contribution >= 4 is 5.78 Å². The van der Waals surface area contributed by atoms with Gasteiger partial charge >= 0.3 is 0 Å². The molecule has 1 fully saturated rings. The van der Waals surface area contributed by atoms with E-state index in [1.165, 1.54) is 6.42 Å². The van der Waals surface area contributed by atoms with Gasteiger partial charge in [0.1, 0.15) is 13.2 Å². The Morgan fingerprint density at radius 2 is 2.11 bits per heavy atom. The second-order valence-electron chi connectivity index (χ2n) is 4.78. The zero-order valence-corrected chi connectivity index (χ0v) is 10.3. The minimum absolute atomic E-state index is 0.173. The summed E-state index contributed by atoms with van der Waals surface area (Å²) in [5.74, 6) is 1.59. The summed E-state index contributed by atoms with van der Waals surface area (Å²) in [7, 11) is 0. The van der Waals surface area contributed by atoms with Crippen LogP contribution in [0.1, 0.15) is 29.6 Å². The van der Waals surface area contributed by atoms with Gasteiger partial charge in [0.05, 0.1) is 0 Å². The molecule has 1 aromatic rings. The lowest BCUT2D eigenvalue weighted by molar-refractivity contribution is 0.0970. The Morgan fingerprint density at radius 3 is 2.89 bits per heavy atom. The standard InChI is InChI=1S/C14H17NO3/c16-12(9-11-2-1-5-15-11)10-3-4-13-14(8-10)18-7-6-17-13/h3-4,8,11,15H,1-2,5-7,9H2. The molecule has 0 saturated carbocycles. The van der Waals surface area contributed by atoms with Gasteiger partial charge in [-0.05, 0) is 37.6 Å². The van der Waals surface area contributed by atoms with Gasteiger partial charge in [0.2, 0.25) is 0 Å². The van der Waals surface area contributed by atoms with E-state index in [0.717, 1.165) is 18.7 Å². The van der Waals surface area contributed by atoms with Gasteiger partial charge in [-0.1, -0.05) is 0 Å². The van der Waals surface area contributed by atoms with Crippen LogP contribution in [0, 0.1) is 0 Å². The highest BCUT2D eigenvalue weighted by atomic mass is 16.6. The second-order valence-corrected chi connectivity index (χ2v) is 4.78. The third kappa shape index (κ3) is 2.34. The summed E-state index contributed by atoms with van der Waals surface area (Å²) in [4.78, 5) is 12.2. The first kappa shape index (κ1) is 11.5. The monoisotopic (exact) mass is 247 g/mol. The number of ketones is 1. The number of hydrogen-bond acceptors (Lipinski definition) is 4. The number of carbonyl (C=O) groups excluding carboxylic acids is 1. The number of rotatable bonds is 3. The summed E-state index contributed by atoms with van der Waals surface area (Å²) in [5, 5.41) is 3.34. The molecule has 1 atom stereocenters.